The predicted octanol–water partition coefficient (Wildman–Crippen LogP) is 3.24. The van der Waals surface area contributed by atoms with Gasteiger partial charge >= 0.3 is 6.03 Å². The number of hydrogen-bond donors (Lipinski definition) is 2. The zero-order valence-electron chi connectivity index (χ0n) is 16.3. The summed E-state index contributed by atoms with van der Waals surface area (Å²) in [6, 6.07) is 5.32. The first-order valence-corrected chi connectivity index (χ1v) is 9.20. The van der Waals surface area contributed by atoms with E-state index in [-0.39, 0.29) is 18.4 Å². The number of hydrogen-bond acceptors (Lipinski definition) is 3. The van der Waals surface area contributed by atoms with Gasteiger partial charge in [-0.3, -0.25) is 14.5 Å². The highest BCUT2D eigenvalue weighted by atomic mass is 16.2. The van der Waals surface area contributed by atoms with E-state index in [1.54, 1.807) is 6.92 Å². The summed E-state index contributed by atoms with van der Waals surface area (Å²) in [5.41, 5.74) is 1.81. The number of benzene rings is 1. The first-order chi connectivity index (χ1) is 12.2. The van der Waals surface area contributed by atoms with Crippen molar-refractivity contribution in [2.24, 2.45) is 5.92 Å². The fourth-order valence-corrected chi connectivity index (χ4v) is 3.16. The molecule has 0 unspecified atom stereocenters. The van der Waals surface area contributed by atoms with Crippen LogP contribution < -0.4 is 10.6 Å². The molecule has 1 aromatic rings. The van der Waals surface area contributed by atoms with E-state index in [4.69, 9.17) is 0 Å². The van der Waals surface area contributed by atoms with Crippen molar-refractivity contribution in [3.05, 3.63) is 29.3 Å². The molecule has 1 heterocycles. The number of imide groups is 1. The lowest BCUT2D eigenvalue weighted by atomic mass is 9.92. The Labute approximate surface area is 155 Å². The number of aryl methyl sites for hydroxylation is 2. The Morgan fingerprint density at radius 1 is 1.31 bits per heavy atom. The molecule has 0 bridgehead atoms. The van der Waals surface area contributed by atoms with Crippen LogP contribution in [-0.2, 0) is 16.0 Å². The highest BCUT2D eigenvalue weighted by Gasteiger charge is 2.47. The van der Waals surface area contributed by atoms with Gasteiger partial charge in [0.15, 0.2) is 0 Å². The smallest absolute Gasteiger partial charge is 0.324 e. The van der Waals surface area contributed by atoms with Crippen molar-refractivity contribution < 1.29 is 14.4 Å². The van der Waals surface area contributed by atoms with Crippen LogP contribution in [0.2, 0.25) is 0 Å². The number of carbonyl (C=O) groups excluding carboxylic acids is 3. The maximum absolute atomic E-state index is 12.7. The molecule has 6 heteroatoms. The summed E-state index contributed by atoms with van der Waals surface area (Å²) >= 11 is 0. The van der Waals surface area contributed by atoms with Crippen LogP contribution in [0.3, 0.4) is 0 Å². The average molecular weight is 359 g/mol. The normalized spacial score (nSPS) is 19.8. The van der Waals surface area contributed by atoms with Gasteiger partial charge in [0.2, 0.25) is 5.91 Å². The van der Waals surface area contributed by atoms with Gasteiger partial charge in [-0.25, -0.2) is 4.79 Å². The number of amides is 4. The van der Waals surface area contributed by atoms with Gasteiger partial charge in [-0.15, -0.1) is 0 Å². The number of nitrogens with one attached hydrogen (secondary N) is 2. The minimum Gasteiger partial charge on any atom is -0.324 e. The van der Waals surface area contributed by atoms with Crippen LogP contribution in [0.5, 0.6) is 0 Å². The summed E-state index contributed by atoms with van der Waals surface area (Å²) < 4.78 is 0. The fraction of sp³-hybridized carbons (Fsp3) is 0.550. The van der Waals surface area contributed by atoms with Crippen molar-refractivity contribution in [2.45, 2.75) is 59.4 Å². The molecule has 1 saturated heterocycles. The molecule has 0 aliphatic carbocycles. The molecular weight excluding hydrogens is 330 g/mol. The lowest BCUT2D eigenvalue weighted by Crippen LogP contribution is -2.44. The second-order valence-electron chi connectivity index (χ2n) is 7.60. The van der Waals surface area contributed by atoms with E-state index >= 15 is 0 Å². The third-order valence-electron chi connectivity index (χ3n) is 4.87. The molecule has 1 atom stereocenters. The standard InChI is InChI=1S/C20H29N3O3/c1-6-15-9-7-8-14(4)17(15)21-16(24)12-23-18(25)20(5,22-19(23)26)11-10-13(2)3/h7-9,13H,6,10-12H2,1-5H3,(H,21,24)(H,22,26)/t20-/m0/s1. The molecular formula is C20H29N3O3. The predicted molar refractivity (Wildman–Crippen MR) is 102 cm³/mol. The molecule has 0 radical (unpaired) electrons. The highest BCUT2D eigenvalue weighted by molar-refractivity contribution is 6.10. The van der Waals surface area contributed by atoms with Crippen LogP contribution in [0, 0.1) is 12.8 Å². The van der Waals surface area contributed by atoms with Crippen molar-refractivity contribution in [1.82, 2.24) is 10.2 Å². The van der Waals surface area contributed by atoms with E-state index in [9.17, 15) is 14.4 Å². The topological polar surface area (TPSA) is 78.5 Å². The van der Waals surface area contributed by atoms with Crippen LogP contribution in [0.25, 0.3) is 0 Å². The van der Waals surface area contributed by atoms with E-state index in [1.165, 1.54) is 0 Å². The number of carbonyl (C=O) groups is 3. The van der Waals surface area contributed by atoms with E-state index < -0.39 is 11.6 Å². The Kier molecular flexibility index (Phi) is 6.05. The van der Waals surface area contributed by atoms with Gasteiger partial charge in [0.25, 0.3) is 5.91 Å². The summed E-state index contributed by atoms with van der Waals surface area (Å²) in [5.74, 6) is -0.271. The number of rotatable bonds is 7. The first-order valence-electron chi connectivity index (χ1n) is 9.20. The monoisotopic (exact) mass is 359 g/mol. The molecule has 6 nitrogen and oxygen atoms in total. The van der Waals surface area contributed by atoms with Crippen LogP contribution in [0.1, 0.15) is 51.7 Å². The second kappa shape index (κ2) is 7.89. The molecule has 26 heavy (non-hydrogen) atoms. The highest BCUT2D eigenvalue weighted by Crippen LogP contribution is 2.25. The molecule has 4 amide bonds. The van der Waals surface area contributed by atoms with Gasteiger partial charge in [0, 0.05) is 5.69 Å². The minimum absolute atomic E-state index is 0.278. The maximum Gasteiger partial charge on any atom is 0.325 e. The molecule has 142 valence electrons. The third-order valence-corrected chi connectivity index (χ3v) is 4.87. The zero-order chi connectivity index (χ0) is 19.5. The third kappa shape index (κ3) is 4.23. The zero-order valence-corrected chi connectivity index (χ0v) is 16.3. The molecule has 1 aromatic carbocycles. The van der Waals surface area contributed by atoms with Gasteiger partial charge in [0.1, 0.15) is 12.1 Å². The quantitative estimate of drug-likeness (QED) is 0.734. The largest absolute Gasteiger partial charge is 0.325 e. The van der Waals surface area contributed by atoms with Crippen LogP contribution >= 0.6 is 0 Å². The summed E-state index contributed by atoms with van der Waals surface area (Å²) in [5, 5.41) is 5.61. The molecule has 0 saturated carbocycles. The maximum atomic E-state index is 12.7. The van der Waals surface area contributed by atoms with Gasteiger partial charge in [0.05, 0.1) is 0 Å². The van der Waals surface area contributed by atoms with E-state index in [2.05, 4.69) is 24.5 Å². The molecule has 0 aromatic heterocycles. The molecule has 2 N–H and O–H groups in total. The molecule has 0 spiro atoms. The Morgan fingerprint density at radius 3 is 2.62 bits per heavy atom. The van der Waals surface area contributed by atoms with Crippen molar-refractivity contribution in [1.29, 1.82) is 0 Å². The minimum atomic E-state index is -0.932. The summed E-state index contributed by atoms with van der Waals surface area (Å²) in [4.78, 5) is 38.4. The lowest BCUT2D eigenvalue weighted by molar-refractivity contribution is -0.133. The van der Waals surface area contributed by atoms with Crippen molar-refractivity contribution >= 4 is 23.5 Å². The van der Waals surface area contributed by atoms with Gasteiger partial charge < -0.3 is 10.6 Å². The number of urea groups is 1. The Balaban J connectivity index is 2.08. The Hall–Kier alpha value is -2.37. The van der Waals surface area contributed by atoms with Gasteiger partial charge in [-0.1, -0.05) is 39.0 Å². The number of anilines is 1. The Morgan fingerprint density at radius 2 is 2.00 bits per heavy atom. The van der Waals surface area contributed by atoms with E-state index in [1.807, 2.05) is 32.0 Å². The number of nitrogens with zero attached hydrogens (tertiary/aromatic N) is 1. The Bertz CT molecular complexity index is 714. The molecule has 1 aliphatic heterocycles. The molecule has 2 rings (SSSR count). The lowest BCUT2D eigenvalue weighted by Gasteiger charge is -2.22. The molecule has 1 aliphatic rings. The van der Waals surface area contributed by atoms with Gasteiger partial charge in [-0.2, -0.15) is 0 Å². The summed E-state index contributed by atoms with van der Waals surface area (Å²) in [6.07, 6.45) is 2.17. The molecule has 1 fully saturated rings. The second-order valence-corrected chi connectivity index (χ2v) is 7.60. The SMILES string of the molecule is CCc1cccc(C)c1NC(=O)CN1C(=O)N[C@@](C)(CCC(C)C)C1=O. The van der Waals surface area contributed by atoms with Crippen molar-refractivity contribution in [3.8, 4) is 0 Å². The van der Waals surface area contributed by atoms with E-state index in [0.29, 0.717) is 12.3 Å². The van der Waals surface area contributed by atoms with Crippen LogP contribution in [-0.4, -0.2) is 34.8 Å². The van der Waals surface area contributed by atoms with Crippen LogP contribution in [0.4, 0.5) is 10.5 Å². The van der Waals surface area contributed by atoms with Crippen molar-refractivity contribution in [3.63, 3.8) is 0 Å². The van der Waals surface area contributed by atoms with Crippen molar-refractivity contribution in [2.75, 3.05) is 11.9 Å². The number of para-hydroxylation sites is 1. The summed E-state index contributed by atoms with van der Waals surface area (Å²) in [7, 11) is 0. The first kappa shape index (κ1) is 19.9. The van der Waals surface area contributed by atoms with Gasteiger partial charge in [-0.05, 0) is 50.2 Å². The fourth-order valence-electron chi connectivity index (χ4n) is 3.16. The van der Waals surface area contributed by atoms with Crippen LogP contribution in [0.15, 0.2) is 18.2 Å². The average Bonchev–Trinajstić information content (AvgIpc) is 2.78. The summed E-state index contributed by atoms with van der Waals surface area (Å²) in [6.45, 7) is 9.53. The van der Waals surface area contributed by atoms with E-state index in [0.717, 1.165) is 34.6 Å².